The molecule has 3 N–H and O–H groups in total. The fourth-order valence-electron chi connectivity index (χ4n) is 5.07. The van der Waals surface area contributed by atoms with Crippen molar-refractivity contribution in [3.8, 4) is 5.75 Å². The van der Waals surface area contributed by atoms with Crippen LogP contribution in [0.2, 0.25) is 0 Å². The molecule has 1 aromatic carbocycles. The second-order valence-corrected chi connectivity index (χ2v) is 8.84. The van der Waals surface area contributed by atoms with E-state index in [4.69, 9.17) is 10.5 Å². The number of alkyl halides is 3. The molecular weight excluding hydrogens is 468 g/mol. The number of nitrogens with zero attached hydrogens (tertiary/aromatic N) is 2. The summed E-state index contributed by atoms with van der Waals surface area (Å²) in [6.45, 7) is 1.81. The molecule has 2 aliphatic heterocycles. The highest BCUT2D eigenvalue weighted by Gasteiger charge is 2.33. The maximum absolute atomic E-state index is 15.1. The highest BCUT2D eigenvalue weighted by molar-refractivity contribution is 5.99. The lowest BCUT2D eigenvalue weighted by molar-refractivity contribution is -0.274. The second-order valence-electron chi connectivity index (χ2n) is 8.84. The van der Waals surface area contributed by atoms with Gasteiger partial charge in [0.25, 0.3) is 5.91 Å². The van der Waals surface area contributed by atoms with Crippen LogP contribution in [0.4, 0.5) is 23.2 Å². The fourth-order valence-corrected chi connectivity index (χ4v) is 5.07. The Morgan fingerprint density at radius 1 is 1.26 bits per heavy atom. The van der Waals surface area contributed by atoms with Crippen molar-refractivity contribution in [1.29, 1.82) is 0 Å². The van der Waals surface area contributed by atoms with E-state index in [1.54, 1.807) is 4.90 Å². The summed E-state index contributed by atoms with van der Waals surface area (Å²) >= 11 is 0. The molecule has 2 aliphatic rings. The zero-order valence-corrected chi connectivity index (χ0v) is 18.8. The van der Waals surface area contributed by atoms with Gasteiger partial charge in [-0.05, 0) is 49.3 Å². The molecule has 1 fully saturated rings. The second kappa shape index (κ2) is 9.03. The van der Waals surface area contributed by atoms with Crippen LogP contribution >= 0.6 is 0 Å². The zero-order valence-electron chi connectivity index (χ0n) is 18.8. The molecule has 0 aliphatic carbocycles. The lowest BCUT2D eigenvalue weighted by Gasteiger charge is -2.33. The summed E-state index contributed by atoms with van der Waals surface area (Å²) in [5.74, 6) is -1.33. The van der Waals surface area contributed by atoms with Crippen LogP contribution in [0, 0.1) is 5.82 Å². The fraction of sp³-hybridized carbons (Fsp3) is 0.417. The number of nitrogens with two attached hydrogens (primary N) is 1. The molecule has 0 spiro atoms. The number of anilines is 1. The number of carbonyl (C=O) groups is 1. The van der Waals surface area contributed by atoms with Gasteiger partial charge in [-0.2, -0.15) is 0 Å². The van der Waals surface area contributed by atoms with Gasteiger partial charge >= 0.3 is 6.36 Å². The number of H-pyrrole nitrogens is 1. The number of amides is 1. The Balaban J connectivity index is 1.34. The number of nitrogen functional groups attached to an aromatic ring is 1. The predicted molar refractivity (Wildman–Crippen MR) is 119 cm³/mol. The average Bonchev–Trinajstić information content (AvgIpc) is 2.99. The monoisotopic (exact) mass is 492 g/mol. The Kier molecular flexibility index (Phi) is 6.04. The number of pyridine rings is 1. The van der Waals surface area contributed by atoms with Crippen molar-refractivity contribution in [1.82, 2.24) is 14.9 Å². The summed E-state index contributed by atoms with van der Waals surface area (Å²) in [6.07, 6.45) is -0.925. The highest BCUT2D eigenvalue weighted by atomic mass is 19.4. The van der Waals surface area contributed by atoms with E-state index in [1.165, 1.54) is 12.3 Å². The molecule has 5 rings (SSSR count). The number of piperidine rings is 1. The van der Waals surface area contributed by atoms with Crippen molar-refractivity contribution >= 4 is 22.6 Å². The zero-order chi connectivity index (χ0) is 24.7. The van der Waals surface area contributed by atoms with Gasteiger partial charge in [0.2, 0.25) is 0 Å². The normalized spacial score (nSPS) is 17.3. The molecule has 0 radical (unpaired) electrons. The quantitative estimate of drug-likeness (QED) is 0.410. The summed E-state index contributed by atoms with van der Waals surface area (Å²) in [6, 6.07) is 3.28. The van der Waals surface area contributed by atoms with Gasteiger partial charge in [0, 0.05) is 48.1 Å². The number of hydrogen-bond acceptors (Lipinski definition) is 5. The smallest absolute Gasteiger partial charge is 0.406 e. The van der Waals surface area contributed by atoms with Gasteiger partial charge < -0.3 is 25.1 Å². The third-order valence-electron chi connectivity index (χ3n) is 6.65. The minimum Gasteiger partial charge on any atom is -0.406 e. The van der Waals surface area contributed by atoms with Gasteiger partial charge in [-0.1, -0.05) is 0 Å². The number of nitrogens with one attached hydrogen (secondary N) is 1. The van der Waals surface area contributed by atoms with Crippen molar-refractivity contribution in [3.63, 3.8) is 0 Å². The summed E-state index contributed by atoms with van der Waals surface area (Å²) < 4.78 is 61.9. The van der Waals surface area contributed by atoms with Crippen molar-refractivity contribution < 1.29 is 31.8 Å². The Morgan fingerprint density at radius 3 is 2.74 bits per heavy atom. The van der Waals surface area contributed by atoms with E-state index in [0.717, 1.165) is 41.6 Å². The highest BCUT2D eigenvalue weighted by Crippen LogP contribution is 2.38. The van der Waals surface area contributed by atoms with E-state index in [1.807, 2.05) is 0 Å². The van der Waals surface area contributed by atoms with Crippen molar-refractivity contribution in [2.24, 2.45) is 0 Å². The summed E-state index contributed by atoms with van der Waals surface area (Å²) in [5.41, 5.74) is 9.09. The van der Waals surface area contributed by atoms with Gasteiger partial charge in [-0.3, -0.25) is 4.79 Å². The molecule has 35 heavy (non-hydrogen) atoms. The molecule has 11 heteroatoms. The molecule has 0 bridgehead atoms. The van der Waals surface area contributed by atoms with Gasteiger partial charge in [-0.15, -0.1) is 13.2 Å². The van der Waals surface area contributed by atoms with E-state index in [9.17, 15) is 18.0 Å². The number of aryl methyl sites for hydroxylation is 1. The minimum absolute atomic E-state index is 0.0991. The van der Waals surface area contributed by atoms with Crippen molar-refractivity contribution in [2.45, 2.75) is 44.6 Å². The first kappa shape index (κ1) is 23.4. The number of fused-ring (bicyclic) bond motifs is 3. The van der Waals surface area contributed by atoms with Crippen LogP contribution in [0.3, 0.4) is 0 Å². The van der Waals surface area contributed by atoms with E-state index < -0.39 is 12.1 Å². The largest absolute Gasteiger partial charge is 0.573 e. The number of hydrogen-bond donors (Lipinski definition) is 2. The number of halogens is 4. The van der Waals surface area contributed by atoms with E-state index in [0.29, 0.717) is 50.4 Å². The van der Waals surface area contributed by atoms with Crippen molar-refractivity contribution in [3.05, 3.63) is 52.6 Å². The number of ether oxygens (including phenoxy) is 2. The molecule has 186 valence electrons. The first-order chi connectivity index (χ1) is 16.7. The molecule has 0 unspecified atom stereocenters. The molecule has 7 nitrogen and oxygen atoms in total. The number of aromatic nitrogens is 2. The lowest BCUT2D eigenvalue weighted by Crippen LogP contribution is -2.38. The van der Waals surface area contributed by atoms with Gasteiger partial charge in [-0.25, -0.2) is 9.37 Å². The molecule has 0 atom stereocenters. The summed E-state index contributed by atoms with van der Waals surface area (Å²) in [5, 5.41) is 0.819. The van der Waals surface area contributed by atoms with Gasteiger partial charge in [0.15, 0.2) is 0 Å². The minimum atomic E-state index is -4.85. The standard InChI is InChI=1S/C24H24F4N4O3/c25-17-11-30-22-21(16-2-1-9-34-12-19(16)31-22)20(17)13-5-7-32(8-6-13)23(33)15-4-3-14(10-18(15)29)35-24(26,27)28/h3-4,10-11,13H,1-2,5-9,12,29H2,(H,30,31). The molecular formula is C24H24F4N4O3. The molecule has 4 heterocycles. The maximum atomic E-state index is 15.1. The van der Waals surface area contributed by atoms with Gasteiger partial charge in [0.05, 0.1) is 18.4 Å². The summed E-state index contributed by atoms with van der Waals surface area (Å²) in [7, 11) is 0. The Bertz CT molecular complexity index is 1270. The average molecular weight is 492 g/mol. The number of likely N-dealkylation sites (tertiary alicyclic amines) is 1. The third kappa shape index (κ3) is 4.64. The number of aromatic amines is 1. The molecule has 1 amide bonds. The van der Waals surface area contributed by atoms with Crippen LogP contribution in [0.5, 0.6) is 5.75 Å². The third-order valence-corrected chi connectivity index (χ3v) is 6.65. The van der Waals surface area contributed by atoms with Crippen LogP contribution < -0.4 is 10.5 Å². The number of rotatable bonds is 3. The van der Waals surface area contributed by atoms with Crippen LogP contribution in [0.25, 0.3) is 11.0 Å². The van der Waals surface area contributed by atoms with E-state index in [-0.39, 0.29) is 28.9 Å². The SMILES string of the molecule is Nc1cc(OC(F)(F)F)ccc1C(=O)N1CCC(c2c(F)cnc3[nH]c4c(c23)CCCOC4)CC1. The molecule has 3 aromatic rings. The molecule has 2 aromatic heterocycles. The van der Waals surface area contributed by atoms with Crippen LogP contribution in [0.15, 0.2) is 24.4 Å². The number of carbonyl (C=O) groups excluding carboxylic acids is 1. The summed E-state index contributed by atoms with van der Waals surface area (Å²) in [4.78, 5) is 22.1. The molecule has 0 saturated carbocycles. The Hall–Kier alpha value is -3.34. The predicted octanol–water partition coefficient (Wildman–Crippen LogP) is 4.67. The Labute approximate surface area is 198 Å². The maximum Gasteiger partial charge on any atom is 0.573 e. The van der Waals surface area contributed by atoms with Crippen molar-refractivity contribution in [2.75, 3.05) is 25.4 Å². The van der Waals surface area contributed by atoms with E-state index >= 15 is 4.39 Å². The molecule has 1 saturated heterocycles. The first-order valence-electron chi connectivity index (χ1n) is 11.4. The van der Waals surface area contributed by atoms with Crippen LogP contribution in [-0.2, 0) is 17.8 Å². The van der Waals surface area contributed by atoms with Crippen LogP contribution in [0.1, 0.15) is 52.4 Å². The topological polar surface area (TPSA) is 93.5 Å². The first-order valence-corrected chi connectivity index (χ1v) is 11.4. The van der Waals surface area contributed by atoms with E-state index in [2.05, 4.69) is 14.7 Å². The Morgan fingerprint density at radius 2 is 2.03 bits per heavy atom. The lowest BCUT2D eigenvalue weighted by atomic mass is 9.86. The van der Waals surface area contributed by atoms with Crippen LogP contribution in [-0.4, -0.2) is 46.8 Å². The number of benzene rings is 1. The van der Waals surface area contributed by atoms with Gasteiger partial charge in [0.1, 0.15) is 17.2 Å².